The molecule has 0 saturated heterocycles. The van der Waals surface area contributed by atoms with Crippen LogP contribution in [0.3, 0.4) is 0 Å². The summed E-state index contributed by atoms with van der Waals surface area (Å²) >= 11 is 0. The van der Waals surface area contributed by atoms with Crippen LogP contribution in [0.1, 0.15) is 99.6 Å². The van der Waals surface area contributed by atoms with Crippen LogP contribution in [-0.2, 0) is 6.42 Å². The largest absolute Gasteiger partial charge is 0.507 e. The van der Waals surface area contributed by atoms with Gasteiger partial charge in [0, 0.05) is 5.92 Å². The van der Waals surface area contributed by atoms with Gasteiger partial charge in [0.2, 0.25) is 0 Å². The lowest BCUT2D eigenvalue weighted by molar-refractivity contribution is 0.0661. The first-order chi connectivity index (χ1) is 12.8. The van der Waals surface area contributed by atoms with Crippen LogP contribution < -0.4 is 4.74 Å². The highest BCUT2D eigenvalue weighted by Gasteiger charge is 2.38. The Bertz CT molecular complexity index is 582. The van der Waals surface area contributed by atoms with Gasteiger partial charge in [0.25, 0.3) is 0 Å². The zero-order valence-corrected chi connectivity index (χ0v) is 19.6. The molecule has 1 unspecified atom stereocenters. The number of unbranched alkanes of at least 4 members (excludes halogenated alkanes) is 2. The molecular formula is C25H44O2. The van der Waals surface area contributed by atoms with Crippen molar-refractivity contribution in [1.29, 1.82) is 0 Å². The van der Waals surface area contributed by atoms with E-state index in [2.05, 4.69) is 53.7 Å². The molecule has 0 aliphatic carbocycles. The normalized spacial score (nSPS) is 18.6. The predicted octanol–water partition coefficient (Wildman–Crippen LogP) is 8.02. The van der Waals surface area contributed by atoms with Crippen molar-refractivity contribution in [2.45, 2.75) is 101 Å². The molecule has 27 heavy (non-hydrogen) atoms. The molecule has 0 amide bonds. The van der Waals surface area contributed by atoms with E-state index in [1.807, 2.05) is 33.8 Å². The van der Waals surface area contributed by atoms with Crippen molar-refractivity contribution >= 4 is 5.57 Å². The predicted molar refractivity (Wildman–Crippen MR) is 121 cm³/mol. The lowest BCUT2D eigenvalue weighted by atomic mass is 9.78. The molecule has 0 bridgehead atoms. The number of phenolic OH excluding ortho intramolecular Hbond substituents is 1. The molecule has 0 aromatic heterocycles. The number of rotatable bonds is 5. The Balaban J connectivity index is 0.00000158. The number of aryl methyl sites for hydroxylation is 1. The Morgan fingerprint density at radius 2 is 1.70 bits per heavy atom. The van der Waals surface area contributed by atoms with Gasteiger partial charge in [-0.05, 0) is 55.9 Å². The monoisotopic (exact) mass is 376 g/mol. The second-order valence-corrected chi connectivity index (χ2v) is 7.74. The summed E-state index contributed by atoms with van der Waals surface area (Å²) in [6.07, 6.45) is 6.85. The number of phenols is 1. The third kappa shape index (κ3) is 6.90. The highest BCUT2D eigenvalue weighted by molar-refractivity contribution is 5.79. The zero-order valence-electron chi connectivity index (χ0n) is 19.6. The minimum absolute atomic E-state index is 0.245. The summed E-state index contributed by atoms with van der Waals surface area (Å²) in [5.74, 6) is 1.89. The maximum atomic E-state index is 10.6. The summed E-state index contributed by atoms with van der Waals surface area (Å²) in [6.45, 7) is 21.0. The molecule has 0 radical (unpaired) electrons. The summed E-state index contributed by atoms with van der Waals surface area (Å²) < 4.78 is 6.27. The standard InChI is InChI=1S/C21H32O2.2C2H6/c1-7-8-9-10-16-12-18(22)20-17(11-14(2)3)15(4)21(5,6)23-19(20)13-16;2*1-2/h11-15,22H,7-10H2,1-6H3;2*1-2H3/b17-11+;;. The molecule has 2 nitrogen and oxygen atoms in total. The third-order valence-corrected chi connectivity index (χ3v) is 4.89. The van der Waals surface area contributed by atoms with Gasteiger partial charge >= 0.3 is 0 Å². The number of fused-ring (bicyclic) bond motifs is 1. The summed E-state index contributed by atoms with van der Waals surface area (Å²) in [6, 6.07) is 4.06. The van der Waals surface area contributed by atoms with Crippen LogP contribution in [0.5, 0.6) is 11.5 Å². The Kier molecular flexibility index (Phi) is 11.5. The Hall–Kier alpha value is -1.44. The molecule has 1 heterocycles. The van der Waals surface area contributed by atoms with Crippen LogP contribution in [0.15, 0.2) is 18.2 Å². The highest BCUT2D eigenvalue weighted by Crippen LogP contribution is 2.48. The van der Waals surface area contributed by atoms with E-state index < -0.39 is 0 Å². The molecule has 1 aromatic rings. The fourth-order valence-corrected chi connectivity index (χ4v) is 3.30. The van der Waals surface area contributed by atoms with E-state index in [-0.39, 0.29) is 11.5 Å². The second-order valence-electron chi connectivity index (χ2n) is 7.74. The molecule has 2 heteroatoms. The van der Waals surface area contributed by atoms with Gasteiger partial charge in [-0.3, -0.25) is 0 Å². The minimum atomic E-state index is -0.262. The van der Waals surface area contributed by atoms with Gasteiger partial charge in [-0.1, -0.05) is 74.3 Å². The molecule has 2 rings (SSSR count). The van der Waals surface area contributed by atoms with Crippen molar-refractivity contribution in [3.8, 4) is 11.5 Å². The van der Waals surface area contributed by atoms with E-state index in [0.717, 1.165) is 24.2 Å². The average Bonchev–Trinajstić information content (AvgIpc) is 2.62. The van der Waals surface area contributed by atoms with E-state index in [9.17, 15) is 5.11 Å². The van der Waals surface area contributed by atoms with Gasteiger partial charge in [-0.25, -0.2) is 0 Å². The molecule has 1 aliphatic heterocycles. The fraction of sp³-hybridized carbons (Fsp3) is 0.680. The molecule has 156 valence electrons. The lowest BCUT2D eigenvalue weighted by Gasteiger charge is -2.40. The summed E-state index contributed by atoms with van der Waals surface area (Å²) in [4.78, 5) is 0. The fourth-order valence-electron chi connectivity index (χ4n) is 3.30. The number of hydrogen-bond donors (Lipinski definition) is 1. The van der Waals surface area contributed by atoms with Gasteiger partial charge in [0.15, 0.2) is 0 Å². The molecule has 0 spiro atoms. The van der Waals surface area contributed by atoms with Gasteiger partial charge in [-0.15, -0.1) is 0 Å². The number of benzene rings is 1. The Labute approximate surface area is 169 Å². The van der Waals surface area contributed by atoms with E-state index in [0.29, 0.717) is 11.7 Å². The van der Waals surface area contributed by atoms with E-state index in [4.69, 9.17) is 4.74 Å². The summed E-state index contributed by atoms with van der Waals surface area (Å²) in [5, 5.41) is 10.6. The molecule has 0 fully saturated rings. The average molecular weight is 377 g/mol. The minimum Gasteiger partial charge on any atom is -0.507 e. The van der Waals surface area contributed by atoms with Crippen LogP contribution in [0.4, 0.5) is 0 Å². The first kappa shape index (κ1) is 25.6. The van der Waals surface area contributed by atoms with Crippen LogP contribution in [0.2, 0.25) is 0 Å². The number of allylic oxidation sites excluding steroid dienone is 1. The van der Waals surface area contributed by atoms with Crippen LogP contribution in [0, 0.1) is 11.8 Å². The second kappa shape index (κ2) is 12.1. The van der Waals surface area contributed by atoms with Gasteiger partial charge in [0.05, 0.1) is 5.56 Å². The first-order valence-corrected chi connectivity index (χ1v) is 11.0. The van der Waals surface area contributed by atoms with Crippen LogP contribution in [-0.4, -0.2) is 10.7 Å². The van der Waals surface area contributed by atoms with Crippen molar-refractivity contribution in [3.63, 3.8) is 0 Å². The molecule has 1 atom stereocenters. The smallest absolute Gasteiger partial charge is 0.131 e. The number of hydrogen-bond acceptors (Lipinski definition) is 2. The van der Waals surface area contributed by atoms with Gasteiger partial charge in [0.1, 0.15) is 17.1 Å². The maximum Gasteiger partial charge on any atom is 0.131 e. The van der Waals surface area contributed by atoms with E-state index in [1.54, 1.807) is 0 Å². The van der Waals surface area contributed by atoms with Crippen molar-refractivity contribution in [3.05, 3.63) is 29.3 Å². The quantitative estimate of drug-likeness (QED) is 0.527. The Morgan fingerprint density at radius 3 is 2.22 bits per heavy atom. The molecule has 0 saturated carbocycles. The topological polar surface area (TPSA) is 29.5 Å². The molecule has 1 N–H and O–H groups in total. The Morgan fingerprint density at radius 1 is 1.11 bits per heavy atom. The zero-order chi connectivity index (χ0) is 21.2. The van der Waals surface area contributed by atoms with Crippen LogP contribution >= 0.6 is 0 Å². The molecular weight excluding hydrogens is 332 g/mol. The van der Waals surface area contributed by atoms with Crippen molar-refractivity contribution in [2.24, 2.45) is 11.8 Å². The van der Waals surface area contributed by atoms with Crippen molar-refractivity contribution in [2.75, 3.05) is 0 Å². The van der Waals surface area contributed by atoms with Crippen molar-refractivity contribution in [1.82, 2.24) is 0 Å². The third-order valence-electron chi connectivity index (χ3n) is 4.89. The maximum absolute atomic E-state index is 10.6. The first-order valence-electron chi connectivity index (χ1n) is 11.0. The van der Waals surface area contributed by atoms with Gasteiger partial charge < -0.3 is 9.84 Å². The van der Waals surface area contributed by atoms with E-state index in [1.165, 1.54) is 24.0 Å². The number of aromatic hydroxyl groups is 1. The molecule has 1 aliphatic rings. The highest BCUT2D eigenvalue weighted by atomic mass is 16.5. The SMILES string of the molecule is CC.CC.CCCCCc1cc(O)c2c(c1)OC(C)(C)C(C)/C2=C\C(C)C. The van der Waals surface area contributed by atoms with Crippen LogP contribution in [0.25, 0.3) is 5.57 Å². The van der Waals surface area contributed by atoms with E-state index >= 15 is 0 Å². The van der Waals surface area contributed by atoms with Gasteiger partial charge in [-0.2, -0.15) is 0 Å². The summed E-state index contributed by atoms with van der Waals surface area (Å²) in [5.41, 5.74) is 3.01. The summed E-state index contributed by atoms with van der Waals surface area (Å²) in [7, 11) is 0. The number of ether oxygens (including phenoxy) is 1. The lowest BCUT2D eigenvalue weighted by Crippen LogP contribution is -2.40. The van der Waals surface area contributed by atoms with Crippen molar-refractivity contribution < 1.29 is 9.84 Å². The molecule has 1 aromatic carbocycles.